The summed E-state index contributed by atoms with van der Waals surface area (Å²) in [4.78, 5) is 17.1. The third kappa shape index (κ3) is 2.92. The van der Waals surface area contributed by atoms with Crippen LogP contribution in [0.5, 0.6) is 0 Å². The quantitative estimate of drug-likeness (QED) is 0.734. The summed E-state index contributed by atoms with van der Waals surface area (Å²) in [6.07, 6.45) is 1.42. The summed E-state index contributed by atoms with van der Waals surface area (Å²) in [6, 6.07) is 1.71. The number of sulfonamides is 1. The van der Waals surface area contributed by atoms with Crippen LogP contribution in [-0.4, -0.2) is 29.7 Å². The van der Waals surface area contributed by atoms with Gasteiger partial charge in [-0.05, 0) is 25.3 Å². The highest BCUT2D eigenvalue weighted by atomic mass is 32.2. The fourth-order valence-electron chi connectivity index (χ4n) is 2.28. The first-order chi connectivity index (χ1) is 10.9. The van der Waals surface area contributed by atoms with Crippen LogP contribution in [0.15, 0.2) is 32.0 Å². The van der Waals surface area contributed by atoms with Crippen LogP contribution in [0.25, 0.3) is 10.2 Å². The number of fused-ring (bicyclic) bond motifs is 1. The van der Waals surface area contributed by atoms with Crippen LogP contribution in [0.1, 0.15) is 11.5 Å². The van der Waals surface area contributed by atoms with Crippen LogP contribution in [0.4, 0.5) is 0 Å². The Kier molecular flexibility index (Phi) is 4.04. The molecule has 0 amide bonds. The Bertz CT molecular complexity index is 997. The summed E-state index contributed by atoms with van der Waals surface area (Å²) in [5, 5.41) is 5.96. The third-order valence-electron chi connectivity index (χ3n) is 3.33. The van der Waals surface area contributed by atoms with Crippen molar-refractivity contribution < 1.29 is 12.9 Å². The summed E-state index contributed by atoms with van der Waals surface area (Å²) in [5.41, 5.74) is 0.112. The van der Waals surface area contributed by atoms with E-state index in [-0.39, 0.29) is 29.3 Å². The van der Waals surface area contributed by atoms with Gasteiger partial charge in [0.05, 0.1) is 11.7 Å². The van der Waals surface area contributed by atoms with Crippen LogP contribution in [0, 0.1) is 13.8 Å². The van der Waals surface area contributed by atoms with Crippen molar-refractivity contribution >= 4 is 31.6 Å². The molecular formula is C13H14N4O4S2. The van der Waals surface area contributed by atoms with E-state index in [1.807, 2.05) is 0 Å². The molecule has 122 valence electrons. The molecule has 0 aromatic carbocycles. The minimum atomic E-state index is -3.73. The molecule has 3 heterocycles. The molecule has 8 nitrogen and oxygen atoms in total. The van der Waals surface area contributed by atoms with Crippen LogP contribution in [-0.2, 0) is 16.6 Å². The minimum absolute atomic E-state index is 0.0382. The number of aromatic nitrogens is 3. The largest absolute Gasteiger partial charge is 0.360 e. The molecule has 3 rings (SSSR count). The number of hydrogen-bond acceptors (Lipinski definition) is 7. The van der Waals surface area contributed by atoms with Crippen molar-refractivity contribution in [3.05, 3.63) is 39.6 Å². The molecule has 10 heteroatoms. The summed E-state index contributed by atoms with van der Waals surface area (Å²) in [7, 11) is -3.73. The molecule has 0 aliphatic carbocycles. The lowest BCUT2D eigenvalue weighted by Crippen LogP contribution is -2.31. The van der Waals surface area contributed by atoms with Gasteiger partial charge < -0.3 is 4.52 Å². The van der Waals surface area contributed by atoms with Crippen molar-refractivity contribution in [3.63, 3.8) is 0 Å². The van der Waals surface area contributed by atoms with Crippen LogP contribution in [0.3, 0.4) is 0 Å². The van der Waals surface area contributed by atoms with Gasteiger partial charge in [-0.2, -0.15) is 0 Å². The molecule has 0 bridgehead atoms. The predicted molar refractivity (Wildman–Crippen MR) is 85.0 cm³/mol. The summed E-state index contributed by atoms with van der Waals surface area (Å²) < 4.78 is 33.2. The Morgan fingerprint density at radius 3 is 2.87 bits per heavy atom. The van der Waals surface area contributed by atoms with Crippen molar-refractivity contribution in [2.45, 2.75) is 25.3 Å². The van der Waals surface area contributed by atoms with Crippen LogP contribution < -0.4 is 10.3 Å². The fraction of sp³-hybridized carbons (Fsp3) is 0.308. The van der Waals surface area contributed by atoms with Crippen molar-refractivity contribution in [2.75, 3.05) is 6.54 Å². The predicted octanol–water partition coefficient (Wildman–Crippen LogP) is 1.04. The Hall–Kier alpha value is -2.04. The molecular weight excluding hydrogens is 340 g/mol. The van der Waals surface area contributed by atoms with Gasteiger partial charge in [0.25, 0.3) is 5.56 Å². The lowest BCUT2D eigenvalue weighted by atomic mass is 10.4. The number of thiophene rings is 1. The molecule has 23 heavy (non-hydrogen) atoms. The summed E-state index contributed by atoms with van der Waals surface area (Å²) >= 11 is 1.39. The number of nitrogens with one attached hydrogen (secondary N) is 1. The first-order valence-corrected chi connectivity index (χ1v) is 9.11. The molecule has 0 unspecified atom stereocenters. The molecule has 0 radical (unpaired) electrons. The number of aryl methyl sites for hydroxylation is 2. The van der Waals surface area contributed by atoms with E-state index < -0.39 is 10.0 Å². The second kappa shape index (κ2) is 5.87. The highest BCUT2D eigenvalue weighted by molar-refractivity contribution is 7.89. The molecule has 1 N–H and O–H groups in total. The van der Waals surface area contributed by atoms with E-state index >= 15 is 0 Å². The Morgan fingerprint density at radius 2 is 2.17 bits per heavy atom. The molecule has 3 aromatic rings. The zero-order chi connectivity index (χ0) is 16.6. The average molecular weight is 354 g/mol. The van der Waals surface area contributed by atoms with E-state index in [0.717, 1.165) is 0 Å². The SMILES string of the molecule is Cc1noc(C)c1S(=O)(=O)NCCn1cnc2sccc2c1=O. The number of rotatable bonds is 5. The summed E-state index contributed by atoms with van der Waals surface area (Å²) in [5.74, 6) is 0.230. The van der Waals surface area contributed by atoms with Gasteiger partial charge in [-0.3, -0.25) is 9.36 Å². The van der Waals surface area contributed by atoms with E-state index in [2.05, 4.69) is 14.9 Å². The van der Waals surface area contributed by atoms with Gasteiger partial charge in [-0.25, -0.2) is 18.1 Å². The van der Waals surface area contributed by atoms with Gasteiger partial charge in [0.1, 0.15) is 15.4 Å². The topological polar surface area (TPSA) is 107 Å². The highest BCUT2D eigenvalue weighted by Crippen LogP contribution is 2.18. The zero-order valence-corrected chi connectivity index (χ0v) is 14.1. The van der Waals surface area contributed by atoms with Gasteiger partial charge in [-0.1, -0.05) is 5.16 Å². The molecule has 0 spiro atoms. The first-order valence-electron chi connectivity index (χ1n) is 6.75. The van der Waals surface area contributed by atoms with E-state index in [9.17, 15) is 13.2 Å². The number of nitrogens with zero attached hydrogens (tertiary/aromatic N) is 3. The normalized spacial score (nSPS) is 12.1. The third-order valence-corrected chi connectivity index (χ3v) is 5.86. The second-order valence-corrected chi connectivity index (χ2v) is 7.53. The molecule has 0 fully saturated rings. The first kappa shape index (κ1) is 15.8. The average Bonchev–Trinajstić information content (AvgIpc) is 3.08. The standard InChI is InChI=1S/C13H14N4O4S2/c1-8-11(9(2)21-16-8)23(19,20)15-4-5-17-7-14-12-10(13(17)18)3-6-22-12/h3,6-7,15H,4-5H2,1-2H3. The fourth-order valence-corrected chi connectivity index (χ4v) is 4.35. The Labute approximate surface area is 135 Å². The second-order valence-electron chi connectivity index (χ2n) is 4.93. The van der Waals surface area contributed by atoms with E-state index in [1.54, 1.807) is 18.4 Å². The van der Waals surface area contributed by atoms with E-state index in [0.29, 0.717) is 15.9 Å². The monoisotopic (exact) mass is 354 g/mol. The van der Waals surface area contributed by atoms with Crippen molar-refractivity contribution in [3.8, 4) is 0 Å². The summed E-state index contributed by atoms with van der Waals surface area (Å²) in [6.45, 7) is 3.33. The molecule has 0 aliphatic rings. The van der Waals surface area contributed by atoms with Gasteiger partial charge in [-0.15, -0.1) is 11.3 Å². The van der Waals surface area contributed by atoms with Crippen molar-refractivity contribution in [1.29, 1.82) is 0 Å². The zero-order valence-electron chi connectivity index (χ0n) is 12.4. The van der Waals surface area contributed by atoms with Crippen molar-refractivity contribution in [1.82, 2.24) is 19.4 Å². The van der Waals surface area contributed by atoms with Crippen molar-refractivity contribution in [2.24, 2.45) is 0 Å². The van der Waals surface area contributed by atoms with Crippen LogP contribution in [0.2, 0.25) is 0 Å². The van der Waals surface area contributed by atoms with E-state index in [4.69, 9.17) is 4.52 Å². The molecule has 0 saturated carbocycles. The molecule has 0 aliphatic heterocycles. The van der Waals surface area contributed by atoms with Gasteiger partial charge >= 0.3 is 0 Å². The maximum absolute atomic E-state index is 12.3. The highest BCUT2D eigenvalue weighted by Gasteiger charge is 2.23. The van der Waals surface area contributed by atoms with Gasteiger partial charge in [0.2, 0.25) is 10.0 Å². The van der Waals surface area contributed by atoms with E-state index in [1.165, 1.54) is 29.2 Å². The maximum atomic E-state index is 12.3. The van der Waals surface area contributed by atoms with Gasteiger partial charge in [0, 0.05) is 13.1 Å². The molecule has 3 aromatic heterocycles. The lowest BCUT2D eigenvalue weighted by Gasteiger charge is -2.08. The Balaban J connectivity index is 1.76. The maximum Gasteiger partial charge on any atom is 0.262 e. The smallest absolute Gasteiger partial charge is 0.262 e. The Morgan fingerprint density at radius 1 is 1.39 bits per heavy atom. The van der Waals surface area contributed by atoms with Crippen LogP contribution >= 0.6 is 11.3 Å². The number of hydrogen-bond donors (Lipinski definition) is 1. The lowest BCUT2D eigenvalue weighted by molar-refractivity contribution is 0.390. The molecule has 0 atom stereocenters. The minimum Gasteiger partial charge on any atom is -0.360 e. The molecule has 0 saturated heterocycles. The van der Waals surface area contributed by atoms with Gasteiger partial charge in [0.15, 0.2) is 5.76 Å².